The van der Waals surface area contributed by atoms with Crippen molar-refractivity contribution in [3.05, 3.63) is 0 Å². The third-order valence-corrected chi connectivity index (χ3v) is 11.1. The Hall–Kier alpha value is 0.420. The molecule has 4 nitrogen and oxygen atoms in total. The van der Waals surface area contributed by atoms with Crippen LogP contribution in [0.25, 0.3) is 0 Å². The van der Waals surface area contributed by atoms with Crippen molar-refractivity contribution in [3.63, 3.8) is 0 Å². The van der Waals surface area contributed by atoms with Gasteiger partial charge >= 0.3 is 0 Å². The first-order chi connectivity index (χ1) is 25.4. The molecule has 3 N–H and O–H groups in total. The summed E-state index contributed by atoms with van der Waals surface area (Å²) >= 11 is 0. The van der Waals surface area contributed by atoms with Crippen LogP contribution in [0.2, 0.25) is 0 Å². The second-order valence-corrected chi connectivity index (χ2v) is 17.7. The Morgan fingerprint density at radius 3 is 0.815 bits per heavy atom. The lowest BCUT2D eigenvalue weighted by atomic mass is 10.0. The minimum Gasteiger partial charge on any atom is -1.00 e. The normalized spacial score (nSPS) is 11.3. The lowest BCUT2D eigenvalue weighted by molar-refractivity contribution is -0.870. The molecular formula is C48H104Cl2N2O2. The molecule has 0 saturated carbocycles. The summed E-state index contributed by atoms with van der Waals surface area (Å²) in [7, 11) is 6.90. The topological polar surface area (TPSA) is 52.5 Å². The van der Waals surface area contributed by atoms with E-state index in [1.165, 1.54) is 238 Å². The molecular weight excluding hydrogens is 707 g/mol. The Morgan fingerprint density at radius 1 is 0.370 bits per heavy atom. The van der Waals surface area contributed by atoms with Crippen LogP contribution in [0.4, 0.5) is 0 Å². The third kappa shape index (κ3) is 59.1. The van der Waals surface area contributed by atoms with Gasteiger partial charge in [-0.2, -0.15) is 0 Å². The van der Waals surface area contributed by atoms with E-state index in [0.717, 1.165) is 23.9 Å². The van der Waals surface area contributed by atoms with E-state index >= 15 is 0 Å². The van der Waals surface area contributed by atoms with Gasteiger partial charge in [-0.25, -0.2) is 0 Å². The summed E-state index contributed by atoms with van der Waals surface area (Å²) in [4.78, 5) is 0. The number of nitrogens with one attached hydrogen (secondary N) is 1. The molecule has 0 fully saturated rings. The number of nitrogens with zero attached hydrogens (tertiary/aromatic N) is 1. The number of aliphatic hydroxyl groups is 2. The molecule has 332 valence electrons. The summed E-state index contributed by atoms with van der Waals surface area (Å²) in [6.45, 7) is 7.35. The van der Waals surface area contributed by atoms with Gasteiger partial charge in [0.2, 0.25) is 0 Å². The summed E-state index contributed by atoms with van der Waals surface area (Å²) in [5, 5.41) is 21.4. The molecule has 0 radical (unpaired) electrons. The molecule has 0 aromatic carbocycles. The van der Waals surface area contributed by atoms with Crippen LogP contribution in [-0.4, -0.2) is 68.2 Å². The van der Waals surface area contributed by atoms with Gasteiger partial charge in [0.1, 0.15) is 0 Å². The van der Waals surface area contributed by atoms with Crippen molar-refractivity contribution in [1.29, 1.82) is 0 Å². The van der Waals surface area contributed by atoms with E-state index < -0.39 is 0 Å². The van der Waals surface area contributed by atoms with Crippen LogP contribution in [0.1, 0.15) is 258 Å². The van der Waals surface area contributed by atoms with Gasteiger partial charge in [-0.15, -0.1) is 12.4 Å². The molecule has 0 atom stereocenters. The highest BCUT2D eigenvalue weighted by atomic mass is 35.5. The maximum atomic E-state index is 8.99. The largest absolute Gasteiger partial charge is 1.00 e. The molecule has 0 aliphatic rings. The number of halogens is 2. The van der Waals surface area contributed by atoms with Crippen molar-refractivity contribution < 1.29 is 27.1 Å². The first-order valence-electron chi connectivity index (χ1n) is 24.2. The van der Waals surface area contributed by atoms with E-state index in [0.29, 0.717) is 0 Å². The number of unbranched alkanes of at least 4 members (excludes halogenated alkanes) is 34. The minimum atomic E-state index is 0. The highest BCUT2D eigenvalue weighted by molar-refractivity contribution is 5.85. The van der Waals surface area contributed by atoms with Crippen molar-refractivity contribution >= 4 is 12.4 Å². The molecule has 54 heavy (non-hydrogen) atoms. The summed E-state index contributed by atoms with van der Waals surface area (Å²) in [5.74, 6) is 0. The SMILES string of the molecule is CCCCCCCCCCCCCCCCCCCCCC[N+](C)(C)C.CCCCCCCCCCCCCCCCCCNC(CCO)CCO.Cl.[Cl-]. The predicted molar refractivity (Wildman–Crippen MR) is 243 cm³/mol. The summed E-state index contributed by atoms with van der Waals surface area (Å²) in [6.07, 6.45) is 53.3. The average molecular weight is 812 g/mol. The maximum Gasteiger partial charge on any atom is 0.0780 e. The van der Waals surface area contributed by atoms with E-state index in [9.17, 15) is 0 Å². The molecule has 0 aromatic heterocycles. The zero-order valence-corrected chi connectivity index (χ0v) is 39.5. The van der Waals surface area contributed by atoms with Crippen molar-refractivity contribution in [2.45, 2.75) is 264 Å². The fraction of sp³-hybridized carbons (Fsp3) is 1.00. The Balaban J connectivity index is -0.000000446. The molecule has 0 spiro atoms. The van der Waals surface area contributed by atoms with Crippen molar-refractivity contribution in [2.75, 3.05) is 47.4 Å². The van der Waals surface area contributed by atoms with Crippen LogP contribution in [-0.2, 0) is 0 Å². The fourth-order valence-electron chi connectivity index (χ4n) is 7.48. The van der Waals surface area contributed by atoms with Gasteiger partial charge in [-0.3, -0.25) is 0 Å². The van der Waals surface area contributed by atoms with Crippen LogP contribution >= 0.6 is 12.4 Å². The van der Waals surface area contributed by atoms with E-state index in [1.54, 1.807) is 0 Å². The van der Waals surface area contributed by atoms with Crippen molar-refractivity contribution in [3.8, 4) is 0 Å². The van der Waals surface area contributed by atoms with E-state index in [-0.39, 0.29) is 44.1 Å². The van der Waals surface area contributed by atoms with Gasteiger partial charge in [-0.1, -0.05) is 226 Å². The van der Waals surface area contributed by atoms with E-state index in [1.807, 2.05) is 0 Å². The molecule has 0 saturated heterocycles. The zero-order chi connectivity index (χ0) is 38.5. The molecule has 0 bridgehead atoms. The Kier molecular flexibility index (Phi) is 60.4. The second-order valence-electron chi connectivity index (χ2n) is 17.7. The third-order valence-electron chi connectivity index (χ3n) is 11.1. The van der Waals surface area contributed by atoms with Crippen LogP contribution < -0.4 is 17.7 Å². The van der Waals surface area contributed by atoms with Gasteiger partial charge in [-0.05, 0) is 38.6 Å². The van der Waals surface area contributed by atoms with Crippen molar-refractivity contribution in [2.24, 2.45) is 0 Å². The van der Waals surface area contributed by atoms with E-state index in [4.69, 9.17) is 10.2 Å². The molecule has 0 amide bonds. The van der Waals surface area contributed by atoms with Crippen LogP contribution in [0.15, 0.2) is 0 Å². The Labute approximate surface area is 354 Å². The smallest absolute Gasteiger partial charge is 0.0780 e. The molecule has 0 aliphatic heterocycles. The Morgan fingerprint density at radius 2 is 0.593 bits per heavy atom. The minimum absolute atomic E-state index is 0. The average Bonchev–Trinajstić information content (AvgIpc) is 3.12. The zero-order valence-electron chi connectivity index (χ0n) is 37.9. The number of hydrogen-bond acceptors (Lipinski definition) is 3. The van der Waals surface area contributed by atoms with Gasteiger partial charge in [0, 0.05) is 19.3 Å². The van der Waals surface area contributed by atoms with Crippen LogP contribution in [0, 0.1) is 0 Å². The number of aliphatic hydroxyl groups excluding tert-OH is 2. The molecule has 0 unspecified atom stereocenters. The quantitative estimate of drug-likeness (QED) is 0.0425. The summed E-state index contributed by atoms with van der Waals surface area (Å²) in [6, 6.07) is 0.279. The highest BCUT2D eigenvalue weighted by Crippen LogP contribution is 2.16. The number of hydrogen-bond donors (Lipinski definition) is 3. The maximum absolute atomic E-state index is 8.99. The van der Waals surface area contributed by atoms with Crippen LogP contribution in [0.3, 0.4) is 0 Å². The van der Waals surface area contributed by atoms with Gasteiger partial charge < -0.3 is 32.4 Å². The highest BCUT2D eigenvalue weighted by Gasteiger charge is 2.06. The first kappa shape index (κ1) is 61.1. The molecule has 6 heteroatoms. The number of quaternary nitrogens is 1. The lowest BCUT2D eigenvalue weighted by Crippen LogP contribution is -3.00. The predicted octanol–water partition coefficient (Wildman–Crippen LogP) is 11.9. The van der Waals surface area contributed by atoms with Gasteiger partial charge in [0.25, 0.3) is 0 Å². The summed E-state index contributed by atoms with van der Waals surface area (Å²) < 4.78 is 1.12. The molecule has 0 heterocycles. The van der Waals surface area contributed by atoms with Crippen molar-refractivity contribution in [1.82, 2.24) is 5.32 Å². The lowest BCUT2D eigenvalue weighted by Gasteiger charge is -2.23. The molecule has 0 aromatic rings. The molecule has 0 rings (SSSR count). The van der Waals surface area contributed by atoms with Crippen LogP contribution in [0.5, 0.6) is 0 Å². The van der Waals surface area contributed by atoms with Gasteiger partial charge in [0.15, 0.2) is 0 Å². The van der Waals surface area contributed by atoms with Gasteiger partial charge in [0.05, 0.1) is 27.7 Å². The monoisotopic (exact) mass is 811 g/mol. The number of rotatable bonds is 43. The molecule has 0 aliphatic carbocycles. The second kappa shape index (κ2) is 53.4. The first-order valence-corrected chi connectivity index (χ1v) is 24.2. The summed E-state index contributed by atoms with van der Waals surface area (Å²) in [5.41, 5.74) is 0. The van der Waals surface area contributed by atoms with E-state index in [2.05, 4.69) is 40.3 Å². The Bertz CT molecular complexity index is 614. The standard InChI is InChI=1S/C25H54N.C23H49NO2.2ClH/c1-5-6-7-8-9-10-11-12-13-14-15-16-17-18-19-20-21-22-23-24-25-26(2,3)4;1-2-3-4-5-6-7-8-9-10-11-12-13-14-15-16-17-20-24-23(18-21-25)19-22-26;;/h5-25H2,1-4H3;23-26H,2-22H2,1H3;2*1H/q+1;;;/p-1. The fourth-order valence-corrected chi connectivity index (χ4v) is 7.48.